The van der Waals surface area contributed by atoms with E-state index in [-0.39, 0.29) is 11.9 Å². The number of hydrogen-bond acceptors (Lipinski definition) is 3. The summed E-state index contributed by atoms with van der Waals surface area (Å²) in [5.74, 6) is 0.00587. The van der Waals surface area contributed by atoms with Crippen molar-refractivity contribution in [2.24, 2.45) is 5.73 Å². The van der Waals surface area contributed by atoms with Crippen LogP contribution in [0, 0.1) is 0 Å². The lowest BCUT2D eigenvalue weighted by atomic mass is 10.1. The molecule has 1 aliphatic heterocycles. The second-order valence-corrected chi connectivity index (χ2v) is 5.44. The van der Waals surface area contributed by atoms with Gasteiger partial charge < -0.3 is 10.6 Å². The van der Waals surface area contributed by atoms with Crippen molar-refractivity contribution >= 4 is 23.1 Å². The van der Waals surface area contributed by atoms with E-state index in [2.05, 4.69) is 18.8 Å². The fourth-order valence-corrected chi connectivity index (χ4v) is 2.76. The molecular formula is C14H19N3OS. The molecule has 0 aromatic carbocycles. The lowest BCUT2D eigenvalue weighted by molar-refractivity contribution is 0.0670. The molecule has 1 saturated heterocycles. The molecule has 102 valence electrons. The Morgan fingerprint density at radius 1 is 1.53 bits per heavy atom. The summed E-state index contributed by atoms with van der Waals surface area (Å²) in [6.07, 6.45) is 4.70. The van der Waals surface area contributed by atoms with Gasteiger partial charge in [0.2, 0.25) is 0 Å². The van der Waals surface area contributed by atoms with Crippen LogP contribution >= 0.6 is 12.2 Å². The molecule has 5 heteroatoms. The zero-order valence-corrected chi connectivity index (χ0v) is 12.1. The van der Waals surface area contributed by atoms with Gasteiger partial charge in [0.1, 0.15) is 10.7 Å². The molecule has 1 aliphatic rings. The number of rotatable bonds is 3. The third-order valence-corrected chi connectivity index (χ3v) is 3.99. The highest BCUT2D eigenvalue weighted by Gasteiger charge is 2.34. The van der Waals surface area contributed by atoms with Gasteiger partial charge in [0, 0.05) is 23.8 Å². The first kappa shape index (κ1) is 13.9. The van der Waals surface area contributed by atoms with Gasteiger partial charge in [-0.25, -0.2) is 0 Å². The maximum Gasteiger partial charge on any atom is 0.272 e. The molecule has 0 bridgehead atoms. The average Bonchev–Trinajstić information content (AvgIpc) is 2.79. The minimum atomic E-state index is 0.00587. The number of carbonyl (C=O) groups is 1. The molecule has 2 heterocycles. The van der Waals surface area contributed by atoms with Crippen molar-refractivity contribution in [1.29, 1.82) is 0 Å². The molecule has 1 fully saturated rings. The summed E-state index contributed by atoms with van der Waals surface area (Å²) >= 11 is 4.88. The van der Waals surface area contributed by atoms with E-state index in [1.165, 1.54) is 0 Å². The van der Waals surface area contributed by atoms with E-state index in [0.29, 0.717) is 22.3 Å². The Balaban J connectivity index is 2.21. The highest BCUT2D eigenvalue weighted by molar-refractivity contribution is 7.80. The van der Waals surface area contributed by atoms with Crippen LogP contribution in [0.2, 0.25) is 0 Å². The number of nitrogens with two attached hydrogens (primary N) is 1. The molecule has 1 aromatic rings. The second kappa shape index (κ2) is 5.65. The predicted octanol–water partition coefficient (Wildman–Crippen LogP) is 2.12. The molecule has 2 unspecified atom stereocenters. The molecular weight excluding hydrogens is 258 g/mol. The molecule has 19 heavy (non-hydrogen) atoms. The van der Waals surface area contributed by atoms with E-state index >= 15 is 0 Å². The van der Waals surface area contributed by atoms with Crippen LogP contribution in [0.5, 0.6) is 0 Å². The van der Waals surface area contributed by atoms with Gasteiger partial charge in [-0.05, 0) is 38.3 Å². The molecule has 4 nitrogen and oxygen atoms in total. The van der Waals surface area contributed by atoms with Crippen molar-refractivity contribution < 1.29 is 4.79 Å². The number of carbonyl (C=O) groups excluding carboxylic acids is 1. The van der Waals surface area contributed by atoms with Gasteiger partial charge >= 0.3 is 0 Å². The standard InChI is InChI=1S/C14H19N3OS/c1-3-11-6-4-9(2)17(11)14(18)12-7-5-10(8-16-12)13(15)19/h5,7-9,11H,3-4,6H2,1-2H3,(H2,15,19). The normalized spacial score (nSPS) is 22.5. The molecule has 2 N–H and O–H groups in total. The van der Waals surface area contributed by atoms with Crippen LogP contribution in [0.15, 0.2) is 18.3 Å². The van der Waals surface area contributed by atoms with Crippen LogP contribution in [0.4, 0.5) is 0 Å². The summed E-state index contributed by atoms with van der Waals surface area (Å²) in [4.78, 5) is 19.0. The Morgan fingerprint density at radius 3 is 2.79 bits per heavy atom. The number of hydrogen-bond donors (Lipinski definition) is 1. The Kier molecular flexibility index (Phi) is 4.14. The van der Waals surface area contributed by atoms with Gasteiger partial charge in [-0.2, -0.15) is 0 Å². The summed E-state index contributed by atoms with van der Waals surface area (Å²) in [6.45, 7) is 4.21. The molecule has 2 atom stereocenters. The summed E-state index contributed by atoms with van der Waals surface area (Å²) < 4.78 is 0. The minimum Gasteiger partial charge on any atom is -0.389 e. The Bertz CT molecular complexity index is 486. The zero-order valence-electron chi connectivity index (χ0n) is 11.3. The van der Waals surface area contributed by atoms with Gasteiger partial charge in [-0.15, -0.1) is 0 Å². The third-order valence-electron chi connectivity index (χ3n) is 3.76. The Hall–Kier alpha value is -1.49. The first-order chi connectivity index (χ1) is 9.04. The Morgan fingerprint density at radius 2 is 2.26 bits per heavy atom. The fraction of sp³-hybridized carbons (Fsp3) is 0.500. The molecule has 0 saturated carbocycles. The molecule has 0 spiro atoms. The average molecular weight is 277 g/mol. The molecule has 2 rings (SSSR count). The SMILES string of the molecule is CCC1CCC(C)N1C(=O)c1ccc(C(N)=S)cn1. The largest absolute Gasteiger partial charge is 0.389 e. The highest BCUT2D eigenvalue weighted by Crippen LogP contribution is 2.27. The fourth-order valence-electron chi connectivity index (χ4n) is 2.64. The van der Waals surface area contributed by atoms with Gasteiger partial charge in [0.25, 0.3) is 5.91 Å². The number of pyridine rings is 1. The maximum absolute atomic E-state index is 12.5. The van der Waals surface area contributed by atoms with Crippen molar-refractivity contribution in [2.45, 2.75) is 45.2 Å². The highest BCUT2D eigenvalue weighted by atomic mass is 32.1. The van der Waals surface area contributed by atoms with Gasteiger partial charge in [-0.3, -0.25) is 9.78 Å². The summed E-state index contributed by atoms with van der Waals surface area (Å²) in [5, 5.41) is 0. The first-order valence-corrected chi connectivity index (χ1v) is 7.04. The first-order valence-electron chi connectivity index (χ1n) is 6.63. The predicted molar refractivity (Wildman–Crippen MR) is 79.1 cm³/mol. The third kappa shape index (κ3) is 2.76. The van der Waals surface area contributed by atoms with Crippen molar-refractivity contribution in [3.8, 4) is 0 Å². The van der Waals surface area contributed by atoms with Gasteiger partial charge in [0.05, 0.1) is 0 Å². The molecule has 0 radical (unpaired) electrons. The monoisotopic (exact) mass is 277 g/mol. The van der Waals surface area contributed by atoms with E-state index in [0.717, 1.165) is 19.3 Å². The zero-order chi connectivity index (χ0) is 14.0. The molecule has 1 amide bonds. The summed E-state index contributed by atoms with van der Waals surface area (Å²) in [5.41, 5.74) is 6.68. The van der Waals surface area contributed by atoms with Crippen LogP contribution in [-0.2, 0) is 0 Å². The van der Waals surface area contributed by atoms with Crippen LogP contribution in [0.25, 0.3) is 0 Å². The number of nitrogens with zero attached hydrogens (tertiary/aromatic N) is 2. The number of thiocarbonyl (C=S) groups is 1. The lowest BCUT2D eigenvalue weighted by Crippen LogP contribution is -2.40. The second-order valence-electron chi connectivity index (χ2n) is 5.00. The van der Waals surface area contributed by atoms with Gasteiger partial charge in [-0.1, -0.05) is 19.1 Å². The van der Waals surface area contributed by atoms with Crippen molar-refractivity contribution in [3.63, 3.8) is 0 Å². The smallest absolute Gasteiger partial charge is 0.272 e. The minimum absolute atomic E-state index is 0.00587. The summed E-state index contributed by atoms with van der Waals surface area (Å²) in [7, 11) is 0. The maximum atomic E-state index is 12.5. The van der Waals surface area contributed by atoms with E-state index in [1.807, 2.05) is 4.90 Å². The van der Waals surface area contributed by atoms with Crippen molar-refractivity contribution in [2.75, 3.05) is 0 Å². The van der Waals surface area contributed by atoms with Gasteiger partial charge in [0.15, 0.2) is 0 Å². The number of aromatic nitrogens is 1. The van der Waals surface area contributed by atoms with E-state index in [4.69, 9.17) is 18.0 Å². The van der Waals surface area contributed by atoms with Crippen molar-refractivity contribution in [3.05, 3.63) is 29.6 Å². The van der Waals surface area contributed by atoms with E-state index in [9.17, 15) is 4.79 Å². The quantitative estimate of drug-likeness (QED) is 0.860. The van der Waals surface area contributed by atoms with Crippen LogP contribution in [0.3, 0.4) is 0 Å². The number of amides is 1. The lowest BCUT2D eigenvalue weighted by Gasteiger charge is -2.27. The molecule has 0 aliphatic carbocycles. The van der Waals surface area contributed by atoms with E-state index in [1.54, 1.807) is 18.3 Å². The van der Waals surface area contributed by atoms with Crippen LogP contribution in [-0.4, -0.2) is 32.9 Å². The van der Waals surface area contributed by atoms with Crippen molar-refractivity contribution in [1.82, 2.24) is 9.88 Å². The topological polar surface area (TPSA) is 59.2 Å². The number of likely N-dealkylation sites (tertiary alicyclic amines) is 1. The van der Waals surface area contributed by atoms with E-state index < -0.39 is 0 Å². The summed E-state index contributed by atoms with van der Waals surface area (Å²) in [6, 6.07) is 4.08. The van der Waals surface area contributed by atoms with Crippen LogP contribution < -0.4 is 5.73 Å². The Labute approximate surface area is 119 Å². The van der Waals surface area contributed by atoms with Crippen LogP contribution in [0.1, 0.15) is 49.2 Å². The molecule has 1 aromatic heterocycles.